The van der Waals surface area contributed by atoms with Gasteiger partial charge < -0.3 is 4.79 Å². The van der Waals surface area contributed by atoms with Gasteiger partial charge in [0.05, 0.1) is 10.5 Å². The third kappa shape index (κ3) is 6.03. The van der Waals surface area contributed by atoms with Crippen molar-refractivity contribution in [3.8, 4) is 0 Å². The fourth-order valence-electron chi connectivity index (χ4n) is 2.69. The van der Waals surface area contributed by atoms with Crippen LogP contribution in [0, 0.1) is 0 Å². The largest absolute Gasteiger partial charge is 0.300 e. The zero-order valence-electron chi connectivity index (χ0n) is 15.9. The molecular formula is C22H27NO2S. The predicted octanol–water partition coefficient (Wildman–Crippen LogP) is 5.09. The Morgan fingerprint density at radius 2 is 1.50 bits per heavy atom. The first kappa shape index (κ1) is 20.2. The number of hydrogen-bond donors (Lipinski definition) is 0. The fraction of sp³-hybridized carbons (Fsp3) is 0.364. The molecule has 3 nitrogen and oxygen atoms in total. The molecule has 0 radical (unpaired) electrons. The summed E-state index contributed by atoms with van der Waals surface area (Å²) in [4.78, 5) is 11.8. The zero-order valence-corrected chi connectivity index (χ0v) is 16.8. The van der Waals surface area contributed by atoms with E-state index in [-0.39, 0.29) is 11.7 Å². The lowest BCUT2D eigenvalue weighted by molar-refractivity contribution is -0.117. The summed E-state index contributed by atoms with van der Waals surface area (Å²) in [5.74, 6) is 0.160. The van der Waals surface area contributed by atoms with E-state index in [0.29, 0.717) is 12.8 Å². The van der Waals surface area contributed by atoms with Gasteiger partial charge in [0, 0.05) is 6.42 Å². The number of Topliss-reactive ketones (excluding diaryl/α,β-unsaturated/α-hetero) is 1. The molecule has 0 fully saturated rings. The number of carbonyl (C=O) groups excluding carboxylic acids is 1. The van der Waals surface area contributed by atoms with Gasteiger partial charge in [-0.25, -0.2) is 4.21 Å². The molecule has 2 aromatic rings. The summed E-state index contributed by atoms with van der Waals surface area (Å²) in [6, 6.07) is 19.8. The van der Waals surface area contributed by atoms with Gasteiger partial charge in [-0.3, -0.25) is 0 Å². The Hall–Kier alpha value is -2.07. The maximum Gasteiger partial charge on any atom is 0.145 e. The highest BCUT2D eigenvalue weighted by atomic mass is 32.2. The van der Waals surface area contributed by atoms with E-state index in [4.69, 9.17) is 0 Å². The molecular weight excluding hydrogens is 342 g/mol. The van der Waals surface area contributed by atoms with E-state index >= 15 is 0 Å². The third-order valence-corrected chi connectivity index (χ3v) is 5.50. The first-order chi connectivity index (χ1) is 12.3. The molecule has 0 aromatic heterocycles. The summed E-state index contributed by atoms with van der Waals surface area (Å²) in [7, 11) is -1.35. The standard InChI is InChI=1S/C22H27NO2S/c1-17(24)15-20(18-11-7-5-8-12-18)16-21(19-13-9-6-10-14-19)23-26(25)22(2,3)4/h5-14,20H,15-16H2,1-4H3/b23-21-/t20-,26+/m0/s1. The van der Waals surface area contributed by atoms with Crippen LogP contribution in [-0.4, -0.2) is 20.5 Å². The van der Waals surface area contributed by atoms with Crippen LogP contribution in [0.1, 0.15) is 57.6 Å². The Morgan fingerprint density at radius 1 is 0.962 bits per heavy atom. The second-order valence-electron chi connectivity index (χ2n) is 7.48. The molecule has 0 bridgehead atoms. The lowest BCUT2D eigenvalue weighted by atomic mass is 9.87. The van der Waals surface area contributed by atoms with E-state index in [1.54, 1.807) is 6.92 Å². The van der Waals surface area contributed by atoms with Gasteiger partial charge in [-0.15, -0.1) is 0 Å². The van der Waals surface area contributed by atoms with Gasteiger partial charge in [-0.1, -0.05) is 60.7 Å². The first-order valence-corrected chi connectivity index (χ1v) is 9.97. The highest BCUT2D eigenvalue weighted by Gasteiger charge is 2.23. The van der Waals surface area contributed by atoms with Crippen molar-refractivity contribution < 1.29 is 9.00 Å². The molecule has 2 rings (SSSR count). The van der Waals surface area contributed by atoms with Gasteiger partial charge in [-0.05, 0) is 51.2 Å². The van der Waals surface area contributed by atoms with Gasteiger partial charge in [0.1, 0.15) is 16.8 Å². The number of rotatable bonds is 7. The van der Waals surface area contributed by atoms with Crippen molar-refractivity contribution >= 4 is 22.5 Å². The van der Waals surface area contributed by atoms with Crippen molar-refractivity contribution in [2.75, 3.05) is 0 Å². The van der Waals surface area contributed by atoms with Gasteiger partial charge in [0.15, 0.2) is 0 Å². The molecule has 0 aliphatic carbocycles. The van der Waals surface area contributed by atoms with Crippen LogP contribution in [-0.2, 0) is 15.8 Å². The molecule has 0 saturated carbocycles. The van der Waals surface area contributed by atoms with E-state index in [2.05, 4.69) is 4.40 Å². The molecule has 0 amide bonds. The van der Waals surface area contributed by atoms with Crippen molar-refractivity contribution in [1.82, 2.24) is 0 Å². The van der Waals surface area contributed by atoms with Crippen LogP contribution in [0.3, 0.4) is 0 Å². The van der Waals surface area contributed by atoms with Gasteiger partial charge in [-0.2, -0.15) is 4.40 Å². The number of hydrogen-bond acceptors (Lipinski definition) is 2. The summed E-state index contributed by atoms with van der Waals surface area (Å²) in [6.07, 6.45) is 1.02. The topological polar surface area (TPSA) is 46.5 Å². The highest BCUT2D eigenvalue weighted by Crippen LogP contribution is 2.27. The molecule has 4 heteroatoms. The minimum Gasteiger partial charge on any atom is -0.300 e. The lowest BCUT2D eigenvalue weighted by Crippen LogP contribution is -2.22. The van der Waals surface area contributed by atoms with Crippen LogP contribution in [0.25, 0.3) is 0 Å². The Kier molecular flexibility index (Phi) is 7.04. The summed E-state index contributed by atoms with van der Waals surface area (Å²) in [5, 5.41) is 0. The van der Waals surface area contributed by atoms with E-state index < -0.39 is 15.7 Å². The molecule has 0 heterocycles. The molecule has 0 saturated heterocycles. The van der Waals surface area contributed by atoms with Gasteiger partial charge >= 0.3 is 0 Å². The van der Waals surface area contributed by atoms with Crippen LogP contribution >= 0.6 is 0 Å². The normalized spacial score (nSPS) is 14.7. The summed E-state index contributed by atoms with van der Waals surface area (Å²) in [5.41, 5.74) is 2.84. The molecule has 138 valence electrons. The zero-order chi connectivity index (χ0) is 19.2. The van der Waals surface area contributed by atoms with Crippen LogP contribution in [0.5, 0.6) is 0 Å². The number of ketones is 1. The van der Waals surface area contributed by atoms with Crippen LogP contribution in [0.2, 0.25) is 0 Å². The molecule has 26 heavy (non-hydrogen) atoms. The number of nitrogens with zero attached hydrogens (tertiary/aromatic N) is 1. The summed E-state index contributed by atoms with van der Waals surface area (Å²) >= 11 is 0. The minimum absolute atomic E-state index is 0.0182. The van der Waals surface area contributed by atoms with E-state index in [9.17, 15) is 9.00 Å². The van der Waals surface area contributed by atoms with Crippen molar-refractivity contribution in [2.24, 2.45) is 4.40 Å². The van der Waals surface area contributed by atoms with Gasteiger partial charge in [0.2, 0.25) is 0 Å². The average molecular weight is 370 g/mol. The lowest BCUT2D eigenvalue weighted by Gasteiger charge is -2.20. The minimum atomic E-state index is -1.35. The average Bonchev–Trinajstić information content (AvgIpc) is 2.60. The van der Waals surface area contributed by atoms with Crippen molar-refractivity contribution in [1.29, 1.82) is 0 Å². The fourth-order valence-corrected chi connectivity index (χ4v) is 3.34. The van der Waals surface area contributed by atoms with Crippen molar-refractivity contribution in [3.05, 3.63) is 71.8 Å². The summed E-state index contributed by atoms with van der Waals surface area (Å²) in [6.45, 7) is 7.36. The van der Waals surface area contributed by atoms with Crippen molar-refractivity contribution in [3.63, 3.8) is 0 Å². The maximum atomic E-state index is 12.6. The molecule has 0 aliphatic rings. The van der Waals surface area contributed by atoms with E-state index in [0.717, 1.165) is 16.8 Å². The van der Waals surface area contributed by atoms with E-state index in [1.165, 1.54) is 0 Å². The number of benzene rings is 2. The SMILES string of the molecule is CC(=O)C[C@@H](C/C(=N/[S@](=O)C(C)(C)C)c1ccccc1)c1ccccc1. The Labute approximate surface area is 159 Å². The second kappa shape index (κ2) is 9.04. The van der Waals surface area contributed by atoms with Crippen LogP contribution in [0.15, 0.2) is 65.1 Å². The highest BCUT2D eigenvalue weighted by molar-refractivity contribution is 7.85. The smallest absolute Gasteiger partial charge is 0.145 e. The molecule has 0 N–H and O–H groups in total. The molecule has 2 atom stereocenters. The van der Waals surface area contributed by atoms with Crippen LogP contribution < -0.4 is 0 Å². The Morgan fingerprint density at radius 3 is 2.00 bits per heavy atom. The monoisotopic (exact) mass is 369 g/mol. The van der Waals surface area contributed by atoms with Gasteiger partial charge in [0.25, 0.3) is 0 Å². The molecule has 0 spiro atoms. The quantitative estimate of drug-likeness (QED) is 0.638. The molecule has 0 unspecified atom stereocenters. The predicted molar refractivity (Wildman–Crippen MR) is 110 cm³/mol. The Balaban J connectivity index is 2.42. The first-order valence-electron chi connectivity index (χ1n) is 8.86. The van der Waals surface area contributed by atoms with Crippen LogP contribution in [0.4, 0.5) is 0 Å². The molecule has 0 aliphatic heterocycles. The second-order valence-corrected chi connectivity index (χ2v) is 9.39. The van der Waals surface area contributed by atoms with Crippen molar-refractivity contribution in [2.45, 2.75) is 51.2 Å². The maximum absolute atomic E-state index is 12.6. The Bertz CT molecular complexity index is 777. The molecule has 2 aromatic carbocycles. The summed E-state index contributed by atoms with van der Waals surface area (Å²) < 4.78 is 16.8. The number of carbonyl (C=O) groups is 1. The third-order valence-electron chi connectivity index (χ3n) is 4.07. The van der Waals surface area contributed by atoms with E-state index in [1.807, 2.05) is 81.4 Å².